The molecule has 2 aromatic rings. The highest BCUT2D eigenvalue weighted by Crippen LogP contribution is 2.07. The highest BCUT2D eigenvalue weighted by Gasteiger charge is 2.14. The van der Waals surface area contributed by atoms with Gasteiger partial charge < -0.3 is 16.8 Å². The third-order valence-electron chi connectivity index (χ3n) is 3.70. The summed E-state index contributed by atoms with van der Waals surface area (Å²) in [5.41, 5.74) is 13.3. The maximum Gasteiger partial charge on any atom is 0.248 e. The molecule has 0 bridgehead atoms. The SMILES string of the molecule is NC(=O)c1ccc(CN[C@H](CCc2ccccc2)C(N)=O)cc1. The predicted molar refractivity (Wildman–Crippen MR) is 89.5 cm³/mol. The zero-order valence-electron chi connectivity index (χ0n) is 12.9. The number of hydrogen-bond donors (Lipinski definition) is 3. The average molecular weight is 311 g/mol. The van der Waals surface area contributed by atoms with Gasteiger partial charge in [0.25, 0.3) is 0 Å². The van der Waals surface area contributed by atoms with Crippen molar-refractivity contribution in [3.8, 4) is 0 Å². The minimum Gasteiger partial charge on any atom is -0.368 e. The van der Waals surface area contributed by atoms with Crippen LogP contribution in [0.1, 0.15) is 27.9 Å². The van der Waals surface area contributed by atoms with Crippen LogP contribution in [0.2, 0.25) is 0 Å². The van der Waals surface area contributed by atoms with Gasteiger partial charge in [0.1, 0.15) is 0 Å². The molecule has 5 nitrogen and oxygen atoms in total. The van der Waals surface area contributed by atoms with E-state index in [1.54, 1.807) is 12.1 Å². The van der Waals surface area contributed by atoms with Gasteiger partial charge >= 0.3 is 0 Å². The van der Waals surface area contributed by atoms with Gasteiger partial charge in [-0.15, -0.1) is 0 Å². The molecule has 0 fully saturated rings. The number of amides is 2. The van der Waals surface area contributed by atoms with Gasteiger partial charge in [-0.1, -0.05) is 42.5 Å². The Morgan fingerprint density at radius 3 is 2.13 bits per heavy atom. The van der Waals surface area contributed by atoms with E-state index in [-0.39, 0.29) is 5.91 Å². The average Bonchev–Trinajstić information content (AvgIpc) is 2.56. The van der Waals surface area contributed by atoms with Gasteiger partial charge in [-0.2, -0.15) is 0 Å². The molecule has 2 rings (SSSR count). The van der Waals surface area contributed by atoms with Gasteiger partial charge in [0, 0.05) is 12.1 Å². The Bertz CT molecular complexity index is 654. The third kappa shape index (κ3) is 5.23. The van der Waals surface area contributed by atoms with E-state index in [9.17, 15) is 9.59 Å². The Labute approximate surface area is 135 Å². The first-order valence-corrected chi connectivity index (χ1v) is 7.51. The molecule has 5 N–H and O–H groups in total. The number of primary amides is 2. The molecule has 0 heterocycles. The molecule has 23 heavy (non-hydrogen) atoms. The highest BCUT2D eigenvalue weighted by atomic mass is 16.1. The van der Waals surface area contributed by atoms with Crippen LogP contribution < -0.4 is 16.8 Å². The molecule has 1 atom stereocenters. The number of benzene rings is 2. The fourth-order valence-electron chi connectivity index (χ4n) is 2.33. The normalized spacial score (nSPS) is 11.8. The van der Waals surface area contributed by atoms with Crippen LogP contribution in [0.5, 0.6) is 0 Å². The predicted octanol–water partition coefficient (Wildman–Crippen LogP) is 1.36. The maximum atomic E-state index is 11.6. The van der Waals surface area contributed by atoms with E-state index in [1.165, 1.54) is 5.56 Å². The first-order valence-electron chi connectivity index (χ1n) is 7.51. The summed E-state index contributed by atoms with van der Waals surface area (Å²) in [5, 5.41) is 3.16. The van der Waals surface area contributed by atoms with Crippen LogP contribution in [-0.4, -0.2) is 17.9 Å². The minimum absolute atomic E-state index is 0.366. The quantitative estimate of drug-likeness (QED) is 0.686. The molecular formula is C18H21N3O2. The van der Waals surface area contributed by atoms with Crippen LogP contribution in [0.15, 0.2) is 54.6 Å². The van der Waals surface area contributed by atoms with Crippen molar-refractivity contribution in [2.45, 2.75) is 25.4 Å². The smallest absolute Gasteiger partial charge is 0.248 e. The fourth-order valence-corrected chi connectivity index (χ4v) is 2.33. The molecule has 0 saturated carbocycles. The summed E-state index contributed by atoms with van der Waals surface area (Å²) < 4.78 is 0. The second kappa shape index (κ2) is 8.10. The molecule has 0 radical (unpaired) electrons. The van der Waals surface area contributed by atoms with Crippen LogP contribution in [0, 0.1) is 0 Å². The van der Waals surface area contributed by atoms with Gasteiger partial charge in [0.2, 0.25) is 11.8 Å². The van der Waals surface area contributed by atoms with Crippen molar-refractivity contribution in [2.24, 2.45) is 11.5 Å². The molecule has 0 aromatic heterocycles. The van der Waals surface area contributed by atoms with E-state index in [0.717, 1.165) is 12.0 Å². The third-order valence-corrected chi connectivity index (χ3v) is 3.70. The van der Waals surface area contributed by atoms with E-state index in [1.807, 2.05) is 42.5 Å². The van der Waals surface area contributed by atoms with E-state index in [4.69, 9.17) is 11.5 Å². The second-order valence-electron chi connectivity index (χ2n) is 5.42. The monoisotopic (exact) mass is 311 g/mol. The van der Waals surface area contributed by atoms with Crippen LogP contribution in [-0.2, 0) is 17.8 Å². The summed E-state index contributed by atoms with van der Waals surface area (Å²) in [6.45, 7) is 0.501. The Hall–Kier alpha value is -2.66. The molecule has 2 aromatic carbocycles. The van der Waals surface area contributed by atoms with Crippen LogP contribution in [0.3, 0.4) is 0 Å². The van der Waals surface area contributed by atoms with Gasteiger partial charge in [-0.25, -0.2) is 0 Å². The van der Waals surface area contributed by atoms with Gasteiger partial charge in [-0.05, 0) is 36.1 Å². The molecule has 0 aliphatic carbocycles. The summed E-state index contributed by atoms with van der Waals surface area (Å²) in [5.74, 6) is -0.822. The first kappa shape index (κ1) is 16.7. The Morgan fingerprint density at radius 1 is 0.913 bits per heavy atom. The summed E-state index contributed by atoms with van der Waals surface area (Å²) in [6, 6.07) is 16.5. The summed E-state index contributed by atoms with van der Waals surface area (Å²) in [7, 11) is 0. The zero-order valence-corrected chi connectivity index (χ0v) is 12.9. The molecule has 0 aliphatic rings. The molecule has 0 saturated heterocycles. The van der Waals surface area contributed by atoms with E-state index in [2.05, 4.69) is 5.32 Å². The minimum atomic E-state index is -0.456. The summed E-state index contributed by atoms with van der Waals surface area (Å²) >= 11 is 0. The Morgan fingerprint density at radius 2 is 1.57 bits per heavy atom. The number of hydrogen-bond acceptors (Lipinski definition) is 3. The number of carbonyl (C=O) groups excluding carboxylic acids is 2. The van der Waals surface area contributed by atoms with Crippen molar-refractivity contribution in [3.63, 3.8) is 0 Å². The lowest BCUT2D eigenvalue weighted by molar-refractivity contribution is -0.120. The Balaban J connectivity index is 1.89. The fraction of sp³-hybridized carbons (Fsp3) is 0.222. The van der Waals surface area contributed by atoms with Crippen molar-refractivity contribution in [3.05, 3.63) is 71.3 Å². The lowest BCUT2D eigenvalue weighted by Gasteiger charge is -2.15. The molecule has 0 aliphatic heterocycles. The van der Waals surface area contributed by atoms with Crippen LogP contribution in [0.25, 0.3) is 0 Å². The summed E-state index contributed by atoms with van der Waals surface area (Å²) in [6.07, 6.45) is 1.42. The summed E-state index contributed by atoms with van der Waals surface area (Å²) in [4.78, 5) is 22.6. The van der Waals surface area contributed by atoms with Gasteiger partial charge in [0.05, 0.1) is 6.04 Å². The number of nitrogens with one attached hydrogen (secondary N) is 1. The van der Waals surface area contributed by atoms with Crippen molar-refractivity contribution < 1.29 is 9.59 Å². The molecule has 2 amide bonds. The highest BCUT2D eigenvalue weighted by molar-refractivity contribution is 5.92. The largest absolute Gasteiger partial charge is 0.368 e. The van der Waals surface area contributed by atoms with Crippen molar-refractivity contribution in [2.75, 3.05) is 0 Å². The van der Waals surface area contributed by atoms with Crippen molar-refractivity contribution in [1.29, 1.82) is 0 Å². The van der Waals surface area contributed by atoms with Crippen LogP contribution in [0.4, 0.5) is 0 Å². The number of carbonyl (C=O) groups is 2. The number of aryl methyl sites for hydroxylation is 1. The van der Waals surface area contributed by atoms with Crippen LogP contribution >= 0.6 is 0 Å². The zero-order chi connectivity index (χ0) is 16.7. The van der Waals surface area contributed by atoms with E-state index in [0.29, 0.717) is 18.5 Å². The number of rotatable bonds is 8. The lowest BCUT2D eigenvalue weighted by atomic mass is 10.0. The standard InChI is InChI=1S/C18H21N3O2/c19-17(22)15-9-6-14(7-10-15)12-21-16(18(20)23)11-8-13-4-2-1-3-5-13/h1-7,9-10,16,21H,8,11-12H2,(H2,19,22)(H2,20,23)/t16-/m1/s1. The molecular weight excluding hydrogens is 290 g/mol. The van der Waals surface area contributed by atoms with Gasteiger partial charge in [0.15, 0.2) is 0 Å². The van der Waals surface area contributed by atoms with E-state index < -0.39 is 11.9 Å². The van der Waals surface area contributed by atoms with Crippen molar-refractivity contribution >= 4 is 11.8 Å². The Kier molecular flexibility index (Phi) is 5.88. The molecule has 0 spiro atoms. The number of nitrogens with two attached hydrogens (primary N) is 2. The van der Waals surface area contributed by atoms with E-state index >= 15 is 0 Å². The lowest BCUT2D eigenvalue weighted by Crippen LogP contribution is -2.41. The van der Waals surface area contributed by atoms with Gasteiger partial charge in [-0.3, -0.25) is 9.59 Å². The molecule has 5 heteroatoms. The first-order chi connectivity index (χ1) is 11.1. The van der Waals surface area contributed by atoms with Crippen molar-refractivity contribution in [1.82, 2.24) is 5.32 Å². The second-order valence-corrected chi connectivity index (χ2v) is 5.42. The topological polar surface area (TPSA) is 98.2 Å². The molecule has 0 unspecified atom stereocenters. The molecule has 120 valence electrons. The maximum absolute atomic E-state index is 11.6.